The zero-order valence-corrected chi connectivity index (χ0v) is 13.4. The fourth-order valence-corrected chi connectivity index (χ4v) is 2.35. The maximum Gasteiger partial charge on any atom is 0.494 e. The van der Waals surface area contributed by atoms with Crippen LogP contribution in [0.5, 0.6) is 0 Å². The maximum absolute atomic E-state index is 12.2. The first kappa shape index (κ1) is 16.6. The molecule has 1 aromatic rings. The Hall–Kier alpha value is -1.74. The molecule has 1 aliphatic rings. The number of hydrogen-bond acceptors (Lipinski definition) is 9. The van der Waals surface area contributed by atoms with Crippen molar-refractivity contribution in [2.75, 3.05) is 42.5 Å². The number of rotatable bonds is 7. The number of ether oxygens (including phenoxy) is 1. The fraction of sp³-hybridized carbons (Fsp3) is 0.636. The highest BCUT2D eigenvalue weighted by atomic mass is 31.1. The van der Waals surface area contributed by atoms with Crippen LogP contribution in [0, 0.1) is 0 Å². The fourth-order valence-electron chi connectivity index (χ4n) is 2.12. The number of nitrogens with zero attached hydrogens (tertiary/aromatic N) is 4. The lowest BCUT2D eigenvalue weighted by atomic mass is 10.4. The molecular formula is C11H19N5O5P+. The van der Waals surface area contributed by atoms with Crippen molar-refractivity contribution in [3.05, 3.63) is 10.4 Å². The summed E-state index contributed by atoms with van der Waals surface area (Å²) in [4.78, 5) is 19.4. The van der Waals surface area contributed by atoms with Gasteiger partial charge in [-0.15, -0.1) is 4.52 Å². The minimum Gasteiger partial charge on any atom is -0.369 e. The van der Waals surface area contributed by atoms with Gasteiger partial charge in [0.2, 0.25) is 12.4 Å². The number of aliphatic hydroxyl groups excluding tert-OH is 1. The van der Waals surface area contributed by atoms with Gasteiger partial charge >= 0.3 is 8.69 Å². The molecule has 1 aliphatic heterocycles. The van der Waals surface area contributed by atoms with E-state index in [2.05, 4.69) is 9.51 Å². The summed E-state index contributed by atoms with van der Waals surface area (Å²) < 4.78 is 21.3. The van der Waals surface area contributed by atoms with Crippen molar-refractivity contribution in [1.82, 2.24) is 9.55 Å². The van der Waals surface area contributed by atoms with E-state index in [1.165, 1.54) is 16.5 Å². The quantitative estimate of drug-likeness (QED) is 0.376. The summed E-state index contributed by atoms with van der Waals surface area (Å²) in [6, 6.07) is 0. The molecule has 3 N–H and O–H groups in total. The van der Waals surface area contributed by atoms with Gasteiger partial charge in [0.25, 0.3) is 5.56 Å². The van der Waals surface area contributed by atoms with Crippen molar-refractivity contribution in [2.45, 2.75) is 12.8 Å². The molecule has 0 saturated carbocycles. The number of nitrogens with two attached hydrogens (primary N) is 1. The number of aromatic nitrogens is 2. The van der Waals surface area contributed by atoms with Crippen LogP contribution in [0.25, 0.3) is 0 Å². The van der Waals surface area contributed by atoms with Gasteiger partial charge in [0.15, 0.2) is 5.82 Å². The van der Waals surface area contributed by atoms with Gasteiger partial charge in [-0.2, -0.15) is 4.98 Å². The van der Waals surface area contributed by atoms with Crippen molar-refractivity contribution in [2.24, 2.45) is 7.05 Å². The van der Waals surface area contributed by atoms with Crippen LogP contribution in [-0.4, -0.2) is 48.0 Å². The zero-order chi connectivity index (χ0) is 16.3. The first-order valence-electron chi connectivity index (χ1n) is 6.60. The van der Waals surface area contributed by atoms with Crippen molar-refractivity contribution < 1.29 is 18.9 Å². The lowest BCUT2D eigenvalue weighted by molar-refractivity contribution is -0.100. The molecule has 0 saturated heterocycles. The SMILES string of the molecule is CN1CN(C(O)OCCCO[PH+]=O)c2nc(N)n(C)c(=O)c21. The van der Waals surface area contributed by atoms with Crippen molar-refractivity contribution in [3.63, 3.8) is 0 Å². The van der Waals surface area contributed by atoms with E-state index in [1.54, 1.807) is 11.9 Å². The summed E-state index contributed by atoms with van der Waals surface area (Å²) in [5.41, 5.74) is 5.76. The van der Waals surface area contributed by atoms with E-state index in [0.717, 1.165) is 0 Å². The third-order valence-corrected chi connectivity index (χ3v) is 3.61. The largest absolute Gasteiger partial charge is 0.494 e. The molecule has 0 aliphatic carbocycles. The lowest BCUT2D eigenvalue weighted by Crippen LogP contribution is -2.39. The van der Waals surface area contributed by atoms with E-state index in [4.69, 9.17) is 10.5 Å². The van der Waals surface area contributed by atoms with E-state index in [1.807, 2.05) is 0 Å². The Bertz CT molecular complexity index is 609. The summed E-state index contributed by atoms with van der Waals surface area (Å²) >= 11 is 0. The Morgan fingerprint density at radius 1 is 1.45 bits per heavy atom. The van der Waals surface area contributed by atoms with Gasteiger partial charge in [-0.1, -0.05) is 0 Å². The van der Waals surface area contributed by atoms with Crippen LogP contribution in [0.15, 0.2) is 4.79 Å². The summed E-state index contributed by atoms with van der Waals surface area (Å²) in [6.45, 7) is 0.735. The molecule has 122 valence electrons. The van der Waals surface area contributed by atoms with E-state index < -0.39 is 15.1 Å². The third-order valence-electron chi connectivity index (χ3n) is 3.28. The Morgan fingerprint density at radius 2 is 2.18 bits per heavy atom. The third kappa shape index (κ3) is 3.20. The summed E-state index contributed by atoms with van der Waals surface area (Å²) in [5.74, 6) is 0.342. The predicted molar refractivity (Wildman–Crippen MR) is 81.2 cm³/mol. The Labute approximate surface area is 128 Å². The molecule has 2 unspecified atom stereocenters. The van der Waals surface area contributed by atoms with Gasteiger partial charge in [-0.05, 0) is 11.0 Å². The molecule has 11 heteroatoms. The van der Waals surface area contributed by atoms with Crippen molar-refractivity contribution >= 4 is 26.1 Å². The van der Waals surface area contributed by atoms with Gasteiger partial charge in [0.1, 0.15) is 12.3 Å². The molecule has 0 bridgehead atoms. The van der Waals surface area contributed by atoms with Gasteiger partial charge < -0.3 is 20.5 Å². The second-order valence-corrected chi connectivity index (χ2v) is 5.25. The Kier molecular flexibility index (Phi) is 5.30. The van der Waals surface area contributed by atoms with E-state index in [-0.39, 0.29) is 37.2 Å². The van der Waals surface area contributed by atoms with Gasteiger partial charge in [0, 0.05) is 14.1 Å². The lowest BCUT2D eigenvalue weighted by Gasteiger charge is -2.24. The number of fused-ring (bicyclic) bond motifs is 1. The molecule has 2 atom stereocenters. The number of anilines is 3. The minimum absolute atomic E-state index is 0.0566. The number of hydrogen-bond donors (Lipinski definition) is 2. The van der Waals surface area contributed by atoms with Crippen LogP contribution in [-0.2, 0) is 20.9 Å². The molecule has 2 heterocycles. The molecule has 22 heavy (non-hydrogen) atoms. The van der Waals surface area contributed by atoms with Crippen LogP contribution < -0.4 is 21.1 Å². The van der Waals surface area contributed by atoms with Crippen molar-refractivity contribution in [3.8, 4) is 0 Å². The summed E-state index contributed by atoms with van der Waals surface area (Å²) in [7, 11) is 2.44. The first-order chi connectivity index (χ1) is 10.5. The molecular weight excluding hydrogens is 313 g/mol. The van der Waals surface area contributed by atoms with E-state index >= 15 is 0 Å². The van der Waals surface area contributed by atoms with E-state index in [9.17, 15) is 14.5 Å². The molecule has 1 aromatic heterocycles. The second-order valence-electron chi connectivity index (χ2n) is 4.80. The molecule has 0 radical (unpaired) electrons. The summed E-state index contributed by atoms with van der Waals surface area (Å²) in [5, 5.41) is 10.1. The van der Waals surface area contributed by atoms with Gasteiger partial charge in [-0.25, -0.2) is 0 Å². The monoisotopic (exact) mass is 332 g/mol. The molecule has 0 spiro atoms. The Balaban J connectivity index is 2.09. The van der Waals surface area contributed by atoms with E-state index in [0.29, 0.717) is 12.1 Å². The molecule has 0 aromatic carbocycles. The highest BCUT2D eigenvalue weighted by Crippen LogP contribution is 2.31. The molecule has 0 fully saturated rings. The van der Waals surface area contributed by atoms with Crippen LogP contribution >= 0.6 is 8.69 Å². The first-order valence-corrected chi connectivity index (χ1v) is 7.42. The topological polar surface area (TPSA) is 123 Å². The average Bonchev–Trinajstić information content (AvgIpc) is 2.81. The predicted octanol–water partition coefficient (Wildman–Crippen LogP) is -0.786. The molecule has 0 amide bonds. The van der Waals surface area contributed by atoms with Crippen molar-refractivity contribution in [1.29, 1.82) is 0 Å². The van der Waals surface area contributed by atoms with Crippen LogP contribution in [0.3, 0.4) is 0 Å². The van der Waals surface area contributed by atoms with Crippen LogP contribution in [0.4, 0.5) is 17.5 Å². The molecule has 2 rings (SSSR count). The smallest absolute Gasteiger partial charge is 0.369 e. The van der Waals surface area contributed by atoms with Gasteiger partial charge in [-0.3, -0.25) is 14.3 Å². The number of aliphatic hydroxyl groups is 1. The zero-order valence-electron chi connectivity index (χ0n) is 12.4. The number of nitrogen functional groups attached to an aromatic ring is 1. The second kappa shape index (κ2) is 7.01. The standard InChI is InChI=1S/C11H18N5O5P/c1-14-6-16(11(18)20-4-3-5-21-22-19)8-7(14)9(17)15(2)10(12)13-8/h11,18,22H,3-6H2,1-2H3,(H-,12,13,17)/p+1. The molecule has 10 nitrogen and oxygen atoms in total. The maximum atomic E-state index is 12.2. The van der Waals surface area contributed by atoms with Crippen LogP contribution in [0.2, 0.25) is 0 Å². The van der Waals surface area contributed by atoms with Crippen LogP contribution in [0.1, 0.15) is 6.42 Å². The Morgan fingerprint density at radius 3 is 2.86 bits per heavy atom. The highest BCUT2D eigenvalue weighted by molar-refractivity contribution is 7.17. The van der Waals surface area contributed by atoms with Gasteiger partial charge in [0.05, 0.1) is 13.3 Å². The average molecular weight is 332 g/mol. The summed E-state index contributed by atoms with van der Waals surface area (Å²) in [6.07, 6.45) is -0.785. The normalized spacial score (nSPS) is 15.4. The highest BCUT2D eigenvalue weighted by Gasteiger charge is 2.33. The minimum atomic E-state index is -1.27.